The first-order valence-corrected chi connectivity index (χ1v) is 10.2. The van der Waals surface area contributed by atoms with Gasteiger partial charge in [0.15, 0.2) is 6.61 Å². The van der Waals surface area contributed by atoms with E-state index in [0.717, 1.165) is 18.4 Å². The highest BCUT2D eigenvalue weighted by molar-refractivity contribution is 6.05. The van der Waals surface area contributed by atoms with Gasteiger partial charge in [0.05, 0.1) is 16.8 Å². The molecule has 154 valence electrons. The predicted molar refractivity (Wildman–Crippen MR) is 114 cm³/mol. The number of aromatic hydroxyl groups is 1. The SMILES string of the molecule is C[C@@H]1CCCN(C(=O)COC(=O)c2cc(-c3ccc(O)cc3)nc3ccccc23)C1. The minimum atomic E-state index is -0.549. The van der Waals surface area contributed by atoms with Crippen LogP contribution < -0.4 is 0 Å². The number of piperidine rings is 1. The van der Waals surface area contributed by atoms with Gasteiger partial charge >= 0.3 is 5.97 Å². The number of nitrogens with zero attached hydrogens (tertiary/aromatic N) is 2. The van der Waals surface area contributed by atoms with Crippen LogP contribution in [-0.4, -0.2) is 46.6 Å². The average molecular weight is 404 g/mol. The monoisotopic (exact) mass is 404 g/mol. The van der Waals surface area contributed by atoms with Crippen molar-refractivity contribution in [2.24, 2.45) is 5.92 Å². The van der Waals surface area contributed by atoms with Crippen LogP contribution in [0.15, 0.2) is 54.6 Å². The first kappa shape index (κ1) is 19.9. The van der Waals surface area contributed by atoms with E-state index in [1.165, 1.54) is 0 Å². The van der Waals surface area contributed by atoms with Gasteiger partial charge in [-0.3, -0.25) is 4.79 Å². The number of fused-ring (bicyclic) bond motifs is 1. The van der Waals surface area contributed by atoms with Crippen molar-refractivity contribution in [2.75, 3.05) is 19.7 Å². The molecule has 1 amide bonds. The number of phenols is 1. The quantitative estimate of drug-likeness (QED) is 0.665. The predicted octanol–water partition coefficient (Wildman–Crippen LogP) is 4.02. The van der Waals surface area contributed by atoms with Crippen LogP contribution >= 0.6 is 0 Å². The number of carbonyl (C=O) groups is 2. The maximum Gasteiger partial charge on any atom is 0.339 e. The second kappa shape index (κ2) is 8.53. The van der Waals surface area contributed by atoms with Gasteiger partial charge in [-0.05, 0) is 55.2 Å². The number of likely N-dealkylation sites (tertiary alicyclic amines) is 1. The molecule has 0 unspecified atom stereocenters. The number of phenolic OH excluding ortho intramolecular Hbond substituents is 1. The Morgan fingerprint density at radius 1 is 1.17 bits per heavy atom. The van der Waals surface area contributed by atoms with Crippen LogP contribution in [0.3, 0.4) is 0 Å². The van der Waals surface area contributed by atoms with Gasteiger partial charge in [0.2, 0.25) is 0 Å². The van der Waals surface area contributed by atoms with E-state index in [9.17, 15) is 14.7 Å². The fraction of sp³-hybridized carbons (Fsp3) is 0.292. The Balaban J connectivity index is 1.58. The highest BCUT2D eigenvalue weighted by atomic mass is 16.5. The number of rotatable bonds is 4. The maximum atomic E-state index is 12.9. The molecular formula is C24H24N2O4. The average Bonchev–Trinajstić information content (AvgIpc) is 2.77. The Labute approximate surface area is 175 Å². The number of pyridine rings is 1. The number of carbonyl (C=O) groups excluding carboxylic acids is 2. The van der Waals surface area contributed by atoms with Gasteiger partial charge in [-0.25, -0.2) is 9.78 Å². The third kappa shape index (κ3) is 4.27. The van der Waals surface area contributed by atoms with E-state index in [0.29, 0.717) is 41.2 Å². The highest BCUT2D eigenvalue weighted by Gasteiger charge is 2.23. The fourth-order valence-corrected chi connectivity index (χ4v) is 3.84. The zero-order valence-corrected chi connectivity index (χ0v) is 16.9. The van der Waals surface area contributed by atoms with Gasteiger partial charge in [0.25, 0.3) is 5.91 Å². The van der Waals surface area contributed by atoms with Gasteiger partial charge in [-0.2, -0.15) is 0 Å². The molecule has 6 heteroatoms. The van der Waals surface area contributed by atoms with E-state index >= 15 is 0 Å². The molecule has 2 aromatic carbocycles. The summed E-state index contributed by atoms with van der Waals surface area (Å²) in [4.78, 5) is 31.8. The van der Waals surface area contributed by atoms with Crippen LogP contribution in [-0.2, 0) is 9.53 Å². The first-order chi connectivity index (χ1) is 14.5. The smallest absolute Gasteiger partial charge is 0.339 e. The minimum absolute atomic E-state index is 0.157. The van der Waals surface area contributed by atoms with Crippen molar-refractivity contribution in [3.05, 3.63) is 60.2 Å². The Bertz CT molecular complexity index is 1080. The van der Waals surface area contributed by atoms with Crippen LogP contribution in [0.5, 0.6) is 5.75 Å². The van der Waals surface area contributed by atoms with Crippen LogP contribution in [0.1, 0.15) is 30.1 Å². The largest absolute Gasteiger partial charge is 0.508 e. The number of esters is 1. The van der Waals surface area contributed by atoms with Crippen molar-refractivity contribution in [1.29, 1.82) is 0 Å². The molecule has 3 aromatic rings. The molecular weight excluding hydrogens is 380 g/mol. The summed E-state index contributed by atoms with van der Waals surface area (Å²) < 4.78 is 5.40. The van der Waals surface area contributed by atoms with Crippen molar-refractivity contribution in [1.82, 2.24) is 9.88 Å². The van der Waals surface area contributed by atoms with E-state index in [1.54, 1.807) is 35.2 Å². The summed E-state index contributed by atoms with van der Waals surface area (Å²) in [5, 5.41) is 10.2. The summed E-state index contributed by atoms with van der Waals surface area (Å²) >= 11 is 0. The van der Waals surface area contributed by atoms with Gasteiger partial charge < -0.3 is 14.7 Å². The maximum absolute atomic E-state index is 12.9. The fourth-order valence-electron chi connectivity index (χ4n) is 3.84. The van der Waals surface area contributed by atoms with Gasteiger partial charge in [-0.15, -0.1) is 0 Å². The molecule has 0 aliphatic carbocycles. The van der Waals surface area contributed by atoms with Crippen LogP contribution in [0.2, 0.25) is 0 Å². The lowest BCUT2D eigenvalue weighted by Gasteiger charge is -2.30. The summed E-state index contributed by atoms with van der Waals surface area (Å²) in [7, 11) is 0. The number of para-hydroxylation sites is 1. The number of hydrogen-bond acceptors (Lipinski definition) is 5. The zero-order valence-electron chi connectivity index (χ0n) is 16.9. The Morgan fingerprint density at radius 3 is 2.70 bits per heavy atom. The Morgan fingerprint density at radius 2 is 1.93 bits per heavy atom. The molecule has 0 spiro atoms. The van der Waals surface area contributed by atoms with Crippen molar-refractivity contribution in [2.45, 2.75) is 19.8 Å². The molecule has 0 bridgehead atoms. The highest BCUT2D eigenvalue weighted by Crippen LogP contribution is 2.26. The van der Waals surface area contributed by atoms with E-state index in [-0.39, 0.29) is 18.3 Å². The van der Waals surface area contributed by atoms with Crippen molar-refractivity contribution >= 4 is 22.8 Å². The number of amides is 1. The minimum Gasteiger partial charge on any atom is -0.508 e. The summed E-state index contributed by atoms with van der Waals surface area (Å²) in [6.07, 6.45) is 2.10. The molecule has 0 saturated carbocycles. The van der Waals surface area contributed by atoms with Crippen LogP contribution in [0.4, 0.5) is 0 Å². The Hall–Kier alpha value is -3.41. The van der Waals surface area contributed by atoms with Crippen LogP contribution in [0.25, 0.3) is 22.2 Å². The zero-order chi connectivity index (χ0) is 21.1. The first-order valence-electron chi connectivity index (χ1n) is 10.2. The lowest BCUT2D eigenvalue weighted by atomic mass is 10.0. The second-order valence-electron chi connectivity index (χ2n) is 7.78. The number of ether oxygens (including phenoxy) is 1. The van der Waals surface area contributed by atoms with E-state index in [2.05, 4.69) is 11.9 Å². The van der Waals surface area contributed by atoms with Crippen LogP contribution in [0, 0.1) is 5.92 Å². The molecule has 6 nitrogen and oxygen atoms in total. The van der Waals surface area contributed by atoms with E-state index in [4.69, 9.17) is 4.74 Å². The van der Waals surface area contributed by atoms with E-state index < -0.39 is 5.97 Å². The van der Waals surface area contributed by atoms with Crippen molar-refractivity contribution in [3.63, 3.8) is 0 Å². The van der Waals surface area contributed by atoms with Gasteiger partial charge in [0.1, 0.15) is 5.75 Å². The topological polar surface area (TPSA) is 79.7 Å². The summed E-state index contributed by atoms with van der Waals surface area (Å²) in [6.45, 7) is 3.28. The Kier molecular flexibility index (Phi) is 5.65. The molecule has 1 N–H and O–H groups in total. The summed E-state index contributed by atoms with van der Waals surface area (Å²) in [6, 6.07) is 15.6. The number of aromatic nitrogens is 1. The third-order valence-electron chi connectivity index (χ3n) is 5.44. The van der Waals surface area contributed by atoms with Gasteiger partial charge in [0, 0.05) is 24.0 Å². The molecule has 4 rings (SSSR count). The second-order valence-corrected chi connectivity index (χ2v) is 7.78. The molecule has 1 aliphatic heterocycles. The number of benzene rings is 2. The molecule has 0 radical (unpaired) electrons. The lowest BCUT2D eigenvalue weighted by Crippen LogP contribution is -2.41. The third-order valence-corrected chi connectivity index (χ3v) is 5.44. The molecule has 30 heavy (non-hydrogen) atoms. The normalized spacial score (nSPS) is 16.4. The molecule has 1 aromatic heterocycles. The van der Waals surface area contributed by atoms with Gasteiger partial charge in [-0.1, -0.05) is 25.1 Å². The standard InChI is InChI=1S/C24H24N2O4/c1-16-5-4-12-26(14-16)23(28)15-30-24(29)20-13-22(17-8-10-18(27)11-9-17)25-21-7-3-2-6-19(20)21/h2-3,6-11,13,16,27H,4-5,12,14-15H2,1H3/t16-/m1/s1. The number of hydrogen-bond donors (Lipinski definition) is 1. The summed E-state index contributed by atoms with van der Waals surface area (Å²) in [5.74, 6) is -0.0841. The lowest BCUT2D eigenvalue weighted by molar-refractivity contribution is -0.136. The molecule has 1 aliphatic rings. The molecule has 1 saturated heterocycles. The van der Waals surface area contributed by atoms with E-state index in [1.807, 2.05) is 24.3 Å². The summed E-state index contributed by atoms with van der Waals surface area (Å²) in [5.41, 5.74) is 2.39. The molecule has 1 fully saturated rings. The van der Waals surface area contributed by atoms with Crippen molar-refractivity contribution in [3.8, 4) is 17.0 Å². The molecule has 2 heterocycles. The van der Waals surface area contributed by atoms with Crippen molar-refractivity contribution < 1.29 is 19.4 Å². The molecule has 1 atom stereocenters.